The molecule has 1 saturated heterocycles. The zero-order valence-corrected chi connectivity index (χ0v) is 11.8. The normalized spacial score (nSPS) is 24.0. The van der Waals surface area contributed by atoms with Crippen molar-refractivity contribution in [2.24, 2.45) is 0 Å². The first-order chi connectivity index (χ1) is 9.22. The van der Waals surface area contributed by atoms with E-state index in [2.05, 4.69) is 10.2 Å². The number of nitrogens with one attached hydrogen (secondary N) is 1. The van der Waals surface area contributed by atoms with Crippen molar-refractivity contribution in [2.45, 2.75) is 44.3 Å². The number of rotatable bonds is 5. The van der Waals surface area contributed by atoms with Crippen molar-refractivity contribution in [3.63, 3.8) is 0 Å². The van der Waals surface area contributed by atoms with Crippen molar-refractivity contribution >= 4 is 11.6 Å². The molecule has 2 fully saturated rings. The van der Waals surface area contributed by atoms with Gasteiger partial charge in [-0.25, -0.2) is 4.39 Å². The second-order valence-electron chi connectivity index (χ2n) is 5.68. The molecule has 0 bridgehead atoms. The largest absolute Gasteiger partial charge is 0.312 e. The van der Waals surface area contributed by atoms with Gasteiger partial charge in [0, 0.05) is 35.8 Å². The average molecular weight is 283 g/mol. The van der Waals surface area contributed by atoms with E-state index in [1.165, 1.54) is 31.7 Å². The fourth-order valence-corrected chi connectivity index (χ4v) is 3.00. The minimum Gasteiger partial charge on any atom is -0.312 e. The molecule has 3 rings (SSSR count). The Balaban J connectivity index is 1.61. The lowest BCUT2D eigenvalue weighted by molar-refractivity contribution is 0.236. The molecule has 1 aromatic rings. The third kappa shape index (κ3) is 3.47. The van der Waals surface area contributed by atoms with Gasteiger partial charge in [0.05, 0.1) is 0 Å². The van der Waals surface area contributed by atoms with Crippen LogP contribution in [-0.4, -0.2) is 30.1 Å². The van der Waals surface area contributed by atoms with Crippen LogP contribution in [0.25, 0.3) is 0 Å². The van der Waals surface area contributed by atoms with Gasteiger partial charge >= 0.3 is 0 Å². The molecule has 4 heteroatoms. The molecule has 1 aromatic carbocycles. The maximum atomic E-state index is 13.8. The lowest BCUT2D eigenvalue weighted by Gasteiger charge is -2.25. The van der Waals surface area contributed by atoms with Crippen LogP contribution in [0.15, 0.2) is 18.2 Å². The molecule has 0 radical (unpaired) electrons. The van der Waals surface area contributed by atoms with Gasteiger partial charge in [0.1, 0.15) is 5.82 Å². The van der Waals surface area contributed by atoms with Gasteiger partial charge in [0.15, 0.2) is 0 Å². The van der Waals surface area contributed by atoms with Crippen LogP contribution in [0.4, 0.5) is 4.39 Å². The molecule has 1 N–H and O–H groups in total. The number of hydrogen-bond acceptors (Lipinski definition) is 2. The van der Waals surface area contributed by atoms with Crippen LogP contribution < -0.4 is 5.32 Å². The number of benzene rings is 1. The van der Waals surface area contributed by atoms with E-state index >= 15 is 0 Å². The van der Waals surface area contributed by atoms with Gasteiger partial charge in [-0.15, -0.1) is 0 Å². The van der Waals surface area contributed by atoms with Gasteiger partial charge in [-0.1, -0.05) is 11.6 Å². The summed E-state index contributed by atoms with van der Waals surface area (Å²) >= 11 is 5.95. The molecule has 1 saturated carbocycles. The van der Waals surface area contributed by atoms with E-state index in [1.54, 1.807) is 12.1 Å². The molecule has 1 aliphatic heterocycles. The second-order valence-corrected chi connectivity index (χ2v) is 6.12. The standard InChI is InChI=1S/C15H20ClFN2/c16-12-3-6-15(17)11(8-12)10-19-7-1-2-14(19)9-18-13-4-5-13/h3,6,8,13-14,18H,1-2,4-5,7,9-10H2. The predicted octanol–water partition coefficient (Wildman–Crippen LogP) is 3.20. The molecule has 1 atom stereocenters. The summed E-state index contributed by atoms with van der Waals surface area (Å²) in [6, 6.07) is 6.10. The van der Waals surface area contributed by atoms with Crippen LogP contribution in [-0.2, 0) is 6.54 Å². The molecular formula is C15H20ClFN2. The van der Waals surface area contributed by atoms with Crippen LogP contribution in [0.1, 0.15) is 31.2 Å². The molecular weight excluding hydrogens is 263 g/mol. The van der Waals surface area contributed by atoms with Gasteiger partial charge in [0.25, 0.3) is 0 Å². The van der Waals surface area contributed by atoms with Crippen molar-refractivity contribution < 1.29 is 4.39 Å². The van der Waals surface area contributed by atoms with Crippen LogP contribution in [0.2, 0.25) is 5.02 Å². The summed E-state index contributed by atoms with van der Waals surface area (Å²) in [6.07, 6.45) is 5.05. The van der Waals surface area contributed by atoms with E-state index in [0.717, 1.165) is 19.1 Å². The van der Waals surface area contributed by atoms with E-state index in [9.17, 15) is 4.39 Å². The Kier molecular flexibility index (Phi) is 4.06. The molecule has 2 aliphatic rings. The van der Waals surface area contributed by atoms with Crippen molar-refractivity contribution in [2.75, 3.05) is 13.1 Å². The Labute approximate surface area is 118 Å². The summed E-state index contributed by atoms with van der Waals surface area (Å²) in [5.74, 6) is -0.148. The van der Waals surface area contributed by atoms with Gasteiger partial charge in [-0.3, -0.25) is 4.90 Å². The molecule has 104 valence electrons. The molecule has 2 nitrogen and oxygen atoms in total. The Morgan fingerprint density at radius 2 is 2.16 bits per heavy atom. The first kappa shape index (κ1) is 13.3. The van der Waals surface area contributed by atoms with Crippen LogP contribution in [0.3, 0.4) is 0 Å². The summed E-state index contributed by atoms with van der Waals surface area (Å²) < 4.78 is 13.8. The van der Waals surface area contributed by atoms with E-state index in [0.29, 0.717) is 23.2 Å². The lowest BCUT2D eigenvalue weighted by atomic mass is 10.1. The molecule has 1 unspecified atom stereocenters. The van der Waals surface area contributed by atoms with E-state index in [1.807, 2.05) is 0 Å². The Hall–Kier alpha value is -0.640. The first-order valence-electron chi connectivity index (χ1n) is 7.14. The fraction of sp³-hybridized carbons (Fsp3) is 0.600. The van der Waals surface area contributed by atoms with E-state index in [4.69, 9.17) is 11.6 Å². The fourth-order valence-electron chi connectivity index (χ4n) is 2.81. The molecule has 1 heterocycles. The molecule has 19 heavy (non-hydrogen) atoms. The van der Waals surface area contributed by atoms with Gasteiger partial charge < -0.3 is 5.32 Å². The summed E-state index contributed by atoms with van der Waals surface area (Å²) in [5.41, 5.74) is 0.714. The van der Waals surface area contributed by atoms with E-state index in [-0.39, 0.29) is 5.82 Å². The molecule has 0 aromatic heterocycles. The summed E-state index contributed by atoms with van der Waals surface area (Å²) in [7, 11) is 0. The second kappa shape index (κ2) is 5.78. The van der Waals surface area contributed by atoms with Gasteiger partial charge in [-0.2, -0.15) is 0 Å². The third-order valence-electron chi connectivity index (χ3n) is 4.10. The van der Waals surface area contributed by atoms with Crippen molar-refractivity contribution in [3.8, 4) is 0 Å². The minimum absolute atomic E-state index is 0.148. The van der Waals surface area contributed by atoms with Gasteiger partial charge in [-0.05, 0) is 50.4 Å². The first-order valence-corrected chi connectivity index (χ1v) is 7.51. The third-order valence-corrected chi connectivity index (χ3v) is 4.33. The van der Waals surface area contributed by atoms with Crippen LogP contribution >= 0.6 is 11.6 Å². The summed E-state index contributed by atoms with van der Waals surface area (Å²) in [4.78, 5) is 2.38. The SMILES string of the molecule is Fc1ccc(Cl)cc1CN1CCCC1CNC1CC1. The number of nitrogens with zero attached hydrogens (tertiary/aromatic N) is 1. The monoisotopic (exact) mass is 282 g/mol. The molecule has 0 spiro atoms. The minimum atomic E-state index is -0.148. The number of likely N-dealkylation sites (tertiary alicyclic amines) is 1. The highest BCUT2D eigenvalue weighted by atomic mass is 35.5. The highest BCUT2D eigenvalue weighted by Crippen LogP contribution is 2.24. The number of halogens is 2. The predicted molar refractivity (Wildman–Crippen MR) is 75.9 cm³/mol. The highest BCUT2D eigenvalue weighted by molar-refractivity contribution is 6.30. The quantitative estimate of drug-likeness (QED) is 0.892. The Morgan fingerprint density at radius 1 is 1.32 bits per heavy atom. The average Bonchev–Trinajstić information content (AvgIpc) is 3.12. The maximum absolute atomic E-state index is 13.8. The van der Waals surface area contributed by atoms with E-state index < -0.39 is 0 Å². The smallest absolute Gasteiger partial charge is 0.127 e. The number of hydrogen-bond donors (Lipinski definition) is 1. The zero-order chi connectivity index (χ0) is 13.2. The van der Waals surface area contributed by atoms with Crippen molar-refractivity contribution in [1.82, 2.24) is 10.2 Å². The van der Waals surface area contributed by atoms with Crippen molar-refractivity contribution in [3.05, 3.63) is 34.6 Å². The molecule has 1 aliphatic carbocycles. The van der Waals surface area contributed by atoms with Gasteiger partial charge in [0.2, 0.25) is 0 Å². The van der Waals surface area contributed by atoms with Crippen LogP contribution in [0.5, 0.6) is 0 Å². The zero-order valence-electron chi connectivity index (χ0n) is 11.0. The maximum Gasteiger partial charge on any atom is 0.127 e. The van der Waals surface area contributed by atoms with Crippen molar-refractivity contribution in [1.29, 1.82) is 0 Å². The summed E-state index contributed by atoms with van der Waals surface area (Å²) in [5, 5.41) is 4.19. The van der Waals surface area contributed by atoms with Crippen LogP contribution in [0, 0.1) is 5.82 Å². The lowest BCUT2D eigenvalue weighted by Crippen LogP contribution is -2.38. The molecule has 0 amide bonds. The summed E-state index contributed by atoms with van der Waals surface area (Å²) in [6.45, 7) is 2.76. The highest BCUT2D eigenvalue weighted by Gasteiger charge is 2.28. The topological polar surface area (TPSA) is 15.3 Å². The Bertz CT molecular complexity index is 448. The Morgan fingerprint density at radius 3 is 2.95 bits per heavy atom.